The molecule has 0 aliphatic carbocycles. The largest absolute Gasteiger partial charge is 0.760 e. The number of carbonyl (C=O) groups excluding carboxylic acids is 1. The molecule has 3 rings (SSSR count). The highest BCUT2D eigenvalue weighted by Gasteiger charge is 2.09. The minimum Gasteiger partial charge on any atom is -0.760 e. The molecule has 1 atom stereocenters. The summed E-state index contributed by atoms with van der Waals surface area (Å²) in [5.41, 5.74) is 5.23. The molecule has 0 aliphatic rings. The van der Waals surface area contributed by atoms with Crippen molar-refractivity contribution in [2.24, 2.45) is 0 Å². The topological polar surface area (TPSA) is 108 Å². The minimum atomic E-state index is -2.34. The molecule has 0 aliphatic heterocycles. The number of nitrogens with zero attached hydrogens (tertiary/aromatic N) is 1. The van der Waals surface area contributed by atoms with Crippen molar-refractivity contribution < 1.29 is 18.8 Å². The van der Waals surface area contributed by atoms with Gasteiger partial charge in [-0.25, -0.2) is 9.79 Å². The Bertz CT molecular complexity index is 998. The summed E-state index contributed by atoms with van der Waals surface area (Å²) in [6, 6.07) is 15.1. The van der Waals surface area contributed by atoms with Crippen LogP contribution in [0.25, 0.3) is 17.0 Å². The predicted molar refractivity (Wildman–Crippen MR) is 107 cm³/mol. The molecule has 1 aromatic heterocycles. The van der Waals surface area contributed by atoms with Crippen LogP contribution in [0.2, 0.25) is 0 Å². The van der Waals surface area contributed by atoms with Crippen LogP contribution < -0.4 is 5.48 Å². The molecule has 0 saturated heterocycles. The fourth-order valence-corrected chi connectivity index (χ4v) is 3.43. The molecule has 1 unspecified atom stereocenters. The second kappa shape index (κ2) is 9.43. The van der Waals surface area contributed by atoms with Gasteiger partial charge in [-0.05, 0) is 35.3 Å². The van der Waals surface area contributed by atoms with Gasteiger partial charge in [-0.2, -0.15) is 0 Å². The van der Waals surface area contributed by atoms with Crippen LogP contribution in [0, 0.1) is 0 Å². The number of aromatic amines is 1. The Hall–Kier alpha value is -2.78. The molecule has 146 valence electrons. The van der Waals surface area contributed by atoms with Crippen molar-refractivity contribution >= 4 is 34.2 Å². The summed E-state index contributed by atoms with van der Waals surface area (Å²) in [6.45, 7) is 0.635. The average molecular weight is 398 g/mol. The first-order chi connectivity index (χ1) is 13.6. The van der Waals surface area contributed by atoms with Crippen molar-refractivity contribution in [3.63, 3.8) is 0 Å². The SMILES string of the molecule is O=C(/C=C/c1ccc(CN(CCc2c[nH]c3ccccc23)S(=O)[O-])cc1)NO. The smallest absolute Gasteiger partial charge is 0.267 e. The van der Waals surface area contributed by atoms with Gasteiger partial charge in [-0.1, -0.05) is 42.5 Å². The predicted octanol–water partition coefficient (Wildman–Crippen LogP) is 2.53. The molecule has 3 N–H and O–H groups in total. The Labute approximate surface area is 165 Å². The molecule has 1 amide bonds. The van der Waals surface area contributed by atoms with Crippen LogP contribution in [-0.2, 0) is 29.0 Å². The zero-order valence-electron chi connectivity index (χ0n) is 15.0. The molecule has 0 spiro atoms. The molecule has 1 heterocycles. The van der Waals surface area contributed by atoms with E-state index in [1.54, 1.807) is 18.2 Å². The van der Waals surface area contributed by atoms with Crippen molar-refractivity contribution in [1.82, 2.24) is 14.8 Å². The maximum atomic E-state index is 11.6. The normalized spacial score (nSPS) is 12.7. The fraction of sp³-hybridized carbons (Fsp3) is 0.150. The molecule has 0 radical (unpaired) electrons. The summed E-state index contributed by atoms with van der Waals surface area (Å²) in [5.74, 6) is -0.616. The van der Waals surface area contributed by atoms with Gasteiger partial charge >= 0.3 is 0 Å². The third kappa shape index (κ3) is 5.14. The number of rotatable bonds is 8. The van der Waals surface area contributed by atoms with Gasteiger partial charge in [0.25, 0.3) is 5.91 Å². The number of fused-ring (bicyclic) bond motifs is 1. The number of hydroxylamine groups is 1. The first-order valence-corrected chi connectivity index (χ1v) is 9.70. The van der Waals surface area contributed by atoms with E-state index in [1.165, 1.54) is 15.9 Å². The van der Waals surface area contributed by atoms with Crippen LogP contribution in [0.3, 0.4) is 0 Å². The second-order valence-electron chi connectivity index (χ2n) is 6.24. The van der Waals surface area contributed by atoms with Gasteiger partial charge in [0.1, 0.15) is 0 Å². The van der Waals surface area contributed by atoms with E-state index in [4.69, 9.17) is 5.21 Å². The molecule has 2 aromatic carbocycles. The lowest BCUT2D eigenvalue weighted by Crippen LogP contribution is -2.27. The first-order valence-electron chi connectivity index (χ1n) is 8.67. The van der Waals surface area contributed by atoms with Crippen LogP contribution in [0.4, 0.5) is 0 Å². The van der Waals surface area contributed by atoms with E-state index in [0.29, 0.717) is 13.0 Å². The minimum absolute atomic E-state index is 0.263. The van der Waals surface area contributed by atoms with Crippen LogP contribution >= 0.6 is 0 Å². The van der Waals surface area contributed by atoms with Gasteiger partial charge in [-0.3, -0.25) is 14.2 Å². The summed E-state index contributed by atoms with van der Waals surface area (Å²) in [7, 11) is 0. The standard InChI is InChI=1S/C20H21N3O4S/c24-20(22-25)10-9-15-5-7-16(8-6-15)14-23(28(26)27)12-11-17-13-21-19-4-2-1-3-18(17)19/h1-10,13,21,25H,11-12,14H2,(H,22,24)(H,26,27)/p-1/b10-9+. The van der Waals surface area contributed by atoms with Gasteiger partial charge in [0.15, 0.2) is 0 Å². The highest BCUT2D eigenvalue weighted by molar-refractivity contribution is 7.76. The Kier molecular flexibility index (Phi) is 6.72. The summed E-state index contributed by atoms with van der Waals surface area (Å²) in [6.07, 6.45) is 5.28. The van der Waals surface area contributed by atoms with Crippen molar-refractivity contribution in [1.29, 1.82) is 0 Å². The highest BCUT2D eigenvalue weighted by Crippen LogP contribution is 2.19. The van der Waals surface area contributed by atoms with Crippen LogP contribution in [-0.4, -0.2) is 35.7 Å². The molecule has 8 heteroatoms. The summed E-state index contributed by atoms with van der Waals surface area (Å²) in [5, 5.41) is 9.57. The Balaban J connectivity index is 1.64. The zero-order valence-corrected chi connectivity index (χ0v) is 15.8. The Morgan fingerprint density at radius 1 is 1.21 bits per heavy atom. The maximum Gasteiger partial charge on any atom is 0.267 e. The first kappa shape index (κ1) is 20.0. The summed E-state index contributed by atoms with van der Waals surface area (Å²) in [4.78, 5) is 14.2. The van der Waals surface area contributed by atoms with Crippen molar-refractivity contribution in [2.45, 2.75) is 13.0 Å². The van der Waals surface area contributed by atoms with Gasteiger partial charge in [0.2, 0.25) is 0 Å². The summed E-state index contributed by atoms with van der Waals surface area (Å²) >= 11 is -2.34. The van der Waals surface area contributed by atoms with E-state index < -0.39 is 17.2 Å². The lowest BCUT2D eigenvalue weighted by Gasteiger charge is -2.24. The van der Waals surface area contributed by atoms with Gasteiger partial charge in [0, 0.05) is 47.5 Å². The number of hydrogen-bond acceptors (Lipinski definition) is 4. The van der Waals surface area contributed by atoms with Gasteiger partial charge in [-0.15, -0.1) is 0 Å². The highest BCUT2D eigenvalue weighted by atomic mass is 32.2. The van der Waals surface area contributed by atoms with Crippen LogP contribution in [0.15, 0.2) is 60.8 Å². The molecule has 0 bridgehead atoms. The molecule has 3 aromatic rings. The monoisotopic (exact) mass is 398 g/mol. The molecule has 0 fully saturated rings. The van der Waals surface area contributed by atoms with Crippen LogP contribution in [0.5, 0.6) is 0 Å². The molecule has 7 nitrogen and oxygen atoms in total. The molecule has 28 heavy (non-hydrogen) atoms. The van der Waals surface area contributed by atoms with Gasteiger partial charge in [0.05, 0.1) is 0 Å². The number of benzene rings is 2. The third-order valence-corrected chi connectivity index (χ3v) is 5.13. The van der Waals surface area contributed by atoms with Gasteiger partial charge < -0.3 is 9.54 Å². The average Bonchev–Trinajstić information content (AvgIpc) is 3.13. The third-order valence-electron chi connectivity index (χ3n) is 4.39. The zero-order chi connectivity index (χ0) is 19.9. The van der Waals surface area contributed by atoms with E-state index in [0.717, 1.165) is 27.6 Å². The maximum absolute atomic E-state index is 11.6. The van der Waals surface area contributed by atoms with Crippen LogP contribution in [0.1, 0.15) is 16.7 Å². The molecule has 0 saturated carbocycles. The molecular weight excluding hydrogens is 378 g/mol. The number of H-pyrrole nitrogens is 1. The van der Waals surface area contributed by atoms with E-state index >= 15 is 0 Å². The fourth-order valence-electron chi connectivity index (χ4n) is 2.94. The number of carbonyl (C=O) groups is 1. The van der Waals surface area contributed by atoms with Crippen molar-refractivity contribution in [3.05, 3.63) is 77.5 Å². The van der Waals surface area contributed by atoms with Crippen molar-refractivity contribution in [2.75, 3.05) is 6.54 Å². The number of amides is 1. The quantitative estimate of drug-likeness (QED) is 0.234. The van der Waals surface area contributed by atoms with E-state index in [2.05, 4.69) is 4.98 Å². The Morgan fingerprint density at radius 2 is 1.96 bits per heavy atom. The summed E-state index contributed by atoms with van der Waals surface area (Å²) < 4.78 is 24.7. The van der Waals surface area contributed by atoms with E-state index in [9.17, 15) is 13.6 Å². The second-order valence-corrected chi connectivity index (χ2v) is 7.19. The lowest BCUT2D eigenvalue weighted by molar-refractivity contribution is -0.124. The van der Waals surface area contributed by atoms with E-state index in [1.807, 2.05) is 42.6 Å². The number of nitrogens with one attached hydrogen (secondary N) is 2. The number of para-hydroxylation sites is 1. The lowest BCUT2D eigenvalue weighted by atomic mass is 10.1. The number of hydrogen-bond donors (Lipinski definition) is 3. The number of aromatic nitrogens is 1. The Morgan fingerprint density at radius 3 is 2.68 bits per heavy atom. The van der Waals surface area contributed by atoms with E-state index in [-0.39, 0.29) is 6.54 Å². The van der Waals surface area contributed by atoms with Crippen molar-refractivity contribution in [3.8, 4) is 0 Å². The molecular formula is C20H20N3O4S-.